The van der Waals surface area contributed by atoms with Gasteiger partial charge >= 0.3 is 71.1 Å². The monoisotopic (exact) mass is 405 g/mol. The summed E-state index contributed by atoms with van der Waals surface area (Å²) in [5.74, 6) is -2.94. The molecule has 0 heterocycles. The zero-order chi connectivity index (χ0) is 18.9. The molecule has 0 fully saturated rings. The normalized spacial score (nSPS) is 11.0. The summed E-state index contributed by atoms with van der Waals surface area (Å²) in [4.78, 5) is 33.1. The van der Waals surface area contributed by atoms with Crippen molar-refractivity contribution in [3.8, 4) is 0 Å². The molecule has 8 heteroatoms. The molecule has 150 valence electrons. The molecule has 0 aromatic rings. The van der Waals surface area contributed by atoms with E-state index in [1.807, 2.05) is 0 Å². The van der Waals surface area contributed by atoms with Gasteiger partial charge in [-0.05, 0) is 6.42 Å². The quantitative estimate of drug-likeness (QED) is 0.199. The van der Waals surface area contributed by atoms with Crippen molar-refractivity contribution in [2.24, 2.45) is 0 Å². The van der Waals surface area contributed by atoms with Crippen LogP contribution in [0, 0.1) is 0 Å². The molecule has 0 spiro atoms. The van der Waals surface area contributed by atoms with E-state index in [-0.39, 0.29) is 74.3 Å². The molecule has 0 radical (unpaired) electrons. The second-order valence-electron chi connectivity index (χ2n) is 6.70. The molecule has 0 aliphatic rings. The molecular formula is C19H37NNa2O5. The minimum atomic E-state index is -1.35. The van der Waals surface area contributed by atoms with E-state index in [1.54, 1.807) is 0 Å². The number of amides is 1. The fourth-order valence-corrected chi connectivity index (χ4v) is 2.77. The van der Waals surface area contributed by atoms with Crippen LogP contribution < -0.4 is 64.4 Å². The standard InChI is InChI=1S/C19H35NO5.2Na.2H/c1-2-3-4-5-6-7-8-9-10-11-12-13-14-17(21)20-16(19(24)25)15-18(22)23;;;;/h16H,2-15H2,1H3,(H,20,21)(H,22,23)(H,24,25);;;;/q;2*+1;2*-1/t16-;;;;/m0..../s1. The zero-order valence-corrected chi connectivity index (χ0v) is 21.6. The molecule has 1 atom stereocenters. The Hall–Kier alpha value is 0.410. The molecule has 0 saturated carbocycles. The zero-order valence-electron chi connectivity index (χ0n) is 19.6. The number of carboxylic acid groups (broad SMARTS) is 2. The van der Waals surface area contributed by atoms with Gasteiger partial charge in [0.1, 0.15) is 6.04 Å². The molecule has 0 rings (SSSR count). The Balaban J connectivity index is -0.000000480. The summed E-state index contributed by atoms with van der Waals surface area (Å²) in [6.07, 6.45) is 14.1. The topological polar surface area (TPSA) is 104 Å². The van der Waals surface area contributed by atoms with Crippen LogP contribution in [0.4, 0.5) is 0 Å². The first-order valence-corrected chi connectivity index (χ1v) is 9.71. The van der Waals surface area contributed by atoms with E-state index in [0.29, 0.717) is 6.42 Å². The molecule has 0 aromatic carbocycles. The van der Waals surface area contributed by atoms with E-state index < -0.39 is 24.4 Å². The van der Waals surface area contributed by atoms with Crippen molar-refractivity contribution in [2.75, 3.05) is 0 Å². The third-order valence-corrected chi connectivity index (χ3v) is 4.27. The summed E-state index contributed by atoms with van der Waals surface area (Å²) < 4.78 is 0. The Kier molecular flexibility index (Phi) is 27.0. The number of unbranched alkanes of at least 4 members (excludes halogenated alkanes) is 11. The Labute approximate surface area is 211 Å². The van der Waals surface area contributed by atoms with Gasteiger partial charge in [0.15, 0.2) is 0 Å². The van der Waals surface area contributed by atoms with Gasteiger partial charge in [-0.3, -0.25) is 9.59 Å². The average Bonchev–Trinajstić information content (AvgIpc) is 2.54. The number of nitrogens with one attached hydrogen (secondary N) is 1. The Bertz CT molecular complexity index is 405. The summed E-state index contributed by atoms with van der Waals surface area (Å²) in [6.45, 7) is 2.23. The fraction of sp³-hybridized carbons (Fsp3) is 0.842. The maximum absolute atomic E-state index is 11.7. The summed E-state index contributed by atoms with van der Waals surface area (Å²) in [7, 11) is 0. The molecule has 27 heavy (non-hydrogen) atoms. The Morgan fingerprint density at radius 2 is 1.19 bits per heavy atom. The predicted molar refractivity (Wildman–Crippen MR) is 99.7 cm³/mol. The first-order chi connectivity index (χ1) is 12.0. The number of aliphatic carboxylic acids is 2. The number of hydrogen-bond donors (Lipinski definition) is 3. The van der Waals surface area contributed by atoms with Crippen LogP contribution in [0.1, 0.15) is 99.7 Å². The molecule has 6 nitrogen and oxygen atoms in total. The summed E-state index contributed by atoms with van der Waals surface area (Å²) in [6, 6.07) is -1.35. The minimum Gasteiger partial charge on any atom is -1.00 e. The second kappa shape index (κ2) is 22.7. The number of carbonyl (C=O) groups excluding carboxylic acids is 1. The van der Waals surface area contributed by atoms with E-state index in [0.717, 1.165) is 12.8 Å². The van der Waals surface area contributed by atoms with Crippen molar-refractivity contribution in [2.45, 2.75) is 103 Å². The average molecular weight is 405 g/mol. The predicted octanol–water partition coefficient (Wildman–Crippen LogP) is -1.65. The van der Waals surface area contributed by atoms with Gasteiger partial charge in [-0.1, -0.05) is 77.6 Å². The van der Waals surface area contributed by atoms with Crippen LogP contribution in [-0.2, 0) is 14.4 Å². The molecule has 1 amide bonds. The fourth-order valence-electron chi connectivity index (χ4n) is 2.77. The maximum atomic E-state index is 11.7. The van der Waals surface area contributed by atoms with E-state index in [2.05, 4.69) is 12.2 Å². The summed E-state index contributed by atoms with van der Waals surface area (Å²) in [5.41, 5.74) is 0. The van der Waals surface area contributed by atoms with Crippen LogP contribution in [0.3, 0.4) is 0 Å². The number of rotatable bonds is 17. The largest absolute Gasteiger partial charge is 1.00 e. The number of carbonyl (C=O) groups is 3. The first kappa shape index (κ1) is 32.1. The maximum Gasteiger partial charge on any atom is 1.00 e. The second-order valence-corrected chi connectivity index (χ2v) is 6.70. The SMILES string of the molecule is CCCCCCCCCCCCCCC(=O)N[C@@H](CC(=O)O)C(=O)O.[H-].[H-].[Na+].[Na+]. The van der Waals surface area contributed by atoms with Gasteiger partial charge in [0.2, 0.25) is 5.91 Å². The molecular weight excluding hydrogens is 368 g/mol. The summed E-state index contributed by atoms with van der Waals surface area (Å²) in [5, 5.41) is 19.8. The van der Waals surface area contributed by atoms with Crippen LogP contribution in [0.5, 0.6) is 0 Å². The molecule has 0 aliphatic carbocycles. The van der Waals surface area contributed by atoms with Gasteiger partial charge in [-0.25, -0.2) is 4.79 Å². The van der Waals surface area contributed by atoms with Crippen molar-refractivity contribution in [3.05, 3.63) is 0 Å². The van der Waals surface area contributed by atoms with Crippen molar-refractivity contribution in [3.63, 3.8) is 0 Å². The van der Waals surface area contributed by atoms with Gasteiger partial charge in [0, 0.05) is 6.42 Å². The van der Waals surface area contributed by atoms with Crippen molar-refractivity contribution in [1.82, 2.24) is 5.32 Å². The van der Waals surface area contributed by atoms with Gasteiger partial charge in [-0.2, -0.15) is 0 Å². The van der Waals surface area contributed by atoms with Gasteiger partial charge < -0.3 is 18.4 Å². The van der Waals surface area contributed by atoms with Crippen LogP contribution in [0.25, 0.3) is 0 Å². The van der Waals surface area contributed by atoms with Gasteiger partial charge in [0.25, 0.3) is 0 Å². The van der Waals surface area contributed by atoms with Gasteiger partial charge in [-0.15, -0.1) is 0 Å². The Morgan fingerprint density at radius 3 is 1.56 bits per heavy atom. The Morgan fingerprint density at radius 1 is 0.778 bits per heavy atom. The summed E-state index contributed by atoms with van der Waals surface area (Å²) >= 11 is 0. The van der Waals surface area contributed by atoms with Crippen molar-refractivity contribution in [1.29, 1.82) is 0 Å². The number of carboxylic acids is 2. The van der Waals surface area contributed by atoms with Crippen LogP contribution in [0.2, 0.25) is 0 Å². The molecule has 0 unspecified atom stereocenters. The third-order valence-electron chi connectivity index (χ3n) is 4.27. The van der Waals surface area contributed by atoms with Crippen molar-refractivity contribution >= 4 is 17.8 Å². The smallest absolute Gasteiger partial charge is 1.00 e. The first-order valence-electron chi connectivity index (χ1n) is 9.71. The molecule has 0 aliphatic heterocycles. The van der Waals surface area contributed by atoms with E-state index in [9.17, 15) is 14.4 Å². The van der Waals surface area contributed by atoms with Crippen LogP contribution in [-0.4, -0.2) is 34.1 Å². The molecule has 0 aromatic heterocycles. The van der Waals surface area contributed by atoms with E-state index in [1.165, 1.54) is 57.8 Å². The molecule has 0 bridgehead atoms. The third kappa shape index (κ3) is 22.6. The van der Waals surface area contributed by atoms with Crippen LogP contribution in [0.15, 0.2) is 0 Å². The minimum absolute atomic E-state index is 0. The molecule has 3 N–H and O–H groups in total. The molecule has 0 saturated heterocycles. The van der Waals surface area contributed by atoms with E-state index >= 15 is 0 Å². The van der Waals surface area contributed by atoms with Crippen molar-refractivity contribution < 1.29 is 86.6 Å². The van der Waals surface area contributed by atoms with E-state index in [4.69, 9.17) is 10.2 Å². The number of hydrogen-bond acceptors (Lipinski definition) is 3. The van der Waals surface area contributed by atoms with Crippen LogP contribution >= 0.6 is 0 Å². The van der Waals surface area contributed by atoms with Gasteiger partial charge in [0.05, 0.1) is 6.42 Å².